The van der Waals surface area contributed by atoms with Crippen molar-refractivity contribution in [3.63, 3.8) is 0 Å². The van der Waals surface area contributed by atoms with Crippen LogP contribution in [0.25, 0.3) is 0 Å². The minimum Gasteiger partial charge on any atom is -0.349 e. The fourth-order valence-corrected chi connectivity index (χ4v) is 3.87. The van der Waals surface area contributed by atoms with Crippen molar-refractivity contribution >= 4 is 11.8 Å². The smallest absolute Gasteiger partial charge is 0.255 e. The van der Waals surface area contributed by atoms with Crippen molar-refractivity contribution in [1.82, 2.24) is 15.2 Å². The van der Waals surface area contributed by atoms with Gasteiger partial charge in [-0.3, -0.25) is 14.6 Å². The van der Waals surface area contributed by atoms with Crippen LogP contribution in [0.4, 0.5) is 0 Å². The Morgan fingerprint density at radius 2 is 1.81 bits per heavy atom. The van der Waals surface area contributed by atoms with E-state index in [-0.39, 0.29) is 23.3 Å². The number of hydrogen-bond acceptors (Lipinski definition) is 3. The lowest BCUT2D eigenvalue weighted by Crippen LogP contribution is -2.41. The van der Waals surface area contributed by atoms with Crippen LogP contribution in [0, 0.1) is 12.3 Å². The van der Waals surface area contributed by atoms with Gasteiger partial charge in [0.1, 0.15) is 0 Å². The molecule has 1 N–H and O–H groups in total. The molecule has 1 aliphatic carbocycles. The van der Waals surface area contributed by atoms with E-state index in [9.17, 15) is 9.59 Å². The largest absolute Gasteiger partial charge is 0.349 e. The zero-order valence-electron chi connectivity index (χ0n) is 14.9. The van der Waals surface area contributed by atoms with Crippen LogP contribution in [-0.4, -0.2) is 40.8 Å². The molecule has 5 nitrogen and oxygen atoms in total. The Balaban J connectivity index is 1.32. The number of pyridine rings is 1. The summed E-state index contributed by atoms with van der Waals surface area (Å²) in [5, 5.41) is 3.16. The van der Waals surface area contributed by atoms with Gasteiger partial charge in [0.05, 0.1) is 5.56 Å². The molecule has 2 amide bonds. The van der Waals surface area contributed by atoms with Crippen molar-refractivity contribution in [2.45, 2.75) is 32.2 Å². The summed E-state index contributed by atoms with van der Waals surface area (Å²) in [4.78, 5) is 31.0. The van der Waals surface area contributed by atoms with E-state index in [1.807, 2.05) is 54.3 Å². The summed E-state index contributed by atoms with van der Waals surface area (Å²) < 4.78 is 0. The third-order valence-corrected chi connectivity index (χ3v) is 5.74. The van der Waals surface area contributed by atoms with Crippen molar-refractivity contribution < 1.29 is 9.59 Å². The average Bonchev–Trinajstić information content (AvgIpc) is 3.34. The summed E-state index contributed by atoms with van der Waals surface area (Å²) in [5.41, 5.74) is 2.44. The number of aryl methyl sites for hydroxylation is 1. The predicted molar refractivity (Wildman–Crippen MR) is 98.9 cm³/mol. The molecular weight excluding hydrogens is 326 g/mol. The number of piperidine rings is 1. The fourth-order valence-electron chi connectivity index (χ4n) is 3.87. The van der Waals surface area contributed by atoms with Crippen molar-refractivity contribution in [3.05, 3.63) is 65.5 Å². The predicted octanol–water partition coefficient (Wildman–Crippen LogP) is 2.81. The molecule has 0 radical (unpaired) electrons. The Bertz CT molecular complexity index is 809. The van der Waals surface area contributed by atoms with Crippen LogP contribution in [0.5, 0.6) is 0 Å². The Kier molecular flexibility index (Phi) is 4.23. The van der Waals surface area contributed by atoms with Crippen molar-refractivity contribution in [3.8, 4) is 0 Å². The van der Waals surface area contributed by atoms with E-state index in [1.165, 1.54) is 0 Å². The number of likely N-dealkylation sites (tertiary alicyclic amines) is 1. The zero-order chi connectivity index (χ0) is 18.1. The molecular formula is C21H23N3O2. The number of hydrogen-bond donors (Lipinski definition) is 1. The van der Waals surface area contributed by atoms with Crippen molar-refractivity contribution in [1.29, 1.82) is 0 Å². The molecule has 4 rings (SSSR count). The first kappa shape index (κ1) is 16.8. The van der Waals surface area contributed by atoms with E-state index in [0.717, 1.165) is 38.0 Å². The second-order valence-electron chi connectivity index (χ2n) is 7.44. The lowest BCUT2D eigenvalue weighted by molar-refractivity contribution is 0.0667. The van der Waals surface area contributed by atoms with Gasteiger partial charge >= 0.3 is 0 Å². The number of aromatic nitrogens is 1. The van der Waals surface area contributed by atoms with Crippen LogP contribution in [-0.2, 0) is 0 Å². The Labute approximate surface area is 153 Å². The van der Waals surface area contributed by atoms with Crippen LogP contribution in [0.3, 0.4) is 0 Å². The molecule has 26 heavy (non-hydrogen) atoms. The summed E-state index contributed by atoms with van der Waals surface area (Å²) in [6, 6.07) is 13.3. The van der Waals surface area contributed by atoms with Crippen molar-refractivity contribution in [2.75, 3.05) is 13.1 Å². The summed E-state index contributed by atoms with van der Waals surface area (Å²) in [5.74, 6) is 0.0505. The molecule has 2 aromatic rings. The van der Waals surface area contributed by atoms with Gasteiger partial charge in [-0.15, -0.1) is 0 Å². The van der Waals surface area contributed by atoms with E-state index in [2.05, 4.69) is 10.3 Å². The lowest BCUT2D eigenvalue weighted by atomic mass is 9.92. The molecule has 1 unspecified atom stereocenters. The summed E-state index contributed by atoms with van der Waals surface area (Å²) in [7, 11) is 0. The van der Waals surface area contributed by atoms with E-state index in [0.29, 0.717) is 11.1 Å². The summed E-state index contributed by atoms with van der Waals surface area (Å²) in [6.45, 7) is 3.39. The Hall–Kier alpha value is -2.69. The van der Waals surface area contributed by atoms with Gasteiger partial charge in [0.2, 0.25) is 0 Å². The molecule has 134 valence electrons. The minimum absolute atomic E-state index is 0.00305. The van der Waals surface area contributed by atoms with E-state index >= 15 is 0 Å². The quantitative estimate of drug-likeness (QED) is 0.927. The number of nitrogens with zero attached hydrogens (tertiary/aromatic N) is 2. The number of rotatable bonds is 3. The fraction of sp³-hybridized carbons (Fsp3) is 0.381. The van der Waals surface area contributed by atoms with Gasteiger partial charge in [-0.25, -0.2) is 0 Å². The van der Waals surface area contributed by atoms with Gasteiger partial charge in [0.25, 0.3) is 11.8 Å². The highest BCUT2D eigenvalue weighted by atomic mass is 16.2. The molecule has 2 heterocycles. The van der Waals surface area contributed by atoms with E-state index in [1.54, 1.807) is 6.20 Å². The summed E-state index contributed by atoms with van der Waals surface area (Å²) in [6.07, 6.45) is 4.55. The molecule has 1 atom stereocenters. The SMILES string of the molecule is Cc1ccc(C(=O)N2CCC3(CC2)CC3NC(=O)c2ccccc2)cn1. The van der Waals surface area contributed by atoms with E-state index in [4.69, 9.17) is 0 Å². The van der Waals surface area contributed by atoms with Gasteiger partial charge in [-0.1, -0.05) is 18.2 Å². The maximum Gasteiger partial charge on any atom is 0.255 e. The molecule has 2 aliphatic rings. The molecule has 1 saturated heterocycles. The highest BCUT2D eigenvalue weighted by Crippen LogP contribution is 2.54. The Morgan fingerprint density at radius 3 is 2.46 bits per heavy atom. The number of carbonyl (C=O) groups is 2. The Morgan fingerprint density at radius 1 is 1.08 bits per heavy atom. The van der Waals surface area contributed by atoms with Gasteiger partial charge in [0, 0.05) is 36.6 Å². The molecule has 1 aromatic carbocycles. The third kappa shape index (κ3) is 3.21. The first-order valence-corrected chi connectivity index (χ1v) is 9.15. The number of nitrogens with one attached hydrogen (secondary N) is 1. The molecule has 2 fully saturated rings. The van der Waals surface area contributed by atoms with Gasteiger partial charge < -0.3 is 10.2 Å². The highest BCUT2D eigenvalue weighted by molar-refractivity contribution is 5.95. The molecule has 1 aromatic heterocycles. The lowest BCUT2D eigenvalue weighted by Gasteiger charge is -2.33. The maximum atomic E-state index is 12.6. The first-order valence-electron chi connectivity index (χ1n) is 9.15. The average molecular weight is 349 g/mol. The molecule has 1 aliphatic heterocycles. The molecule has 0 bridgehead atoms. The third-order valence-electron chi connectivity index (χ3n) is 5.74. The normalized spacial score (nSPS) is 20.7. The molecule has 1 spiro atoms. The van der Waals surface area contributed by atoms with Crippen molar-refractivity contribution in [2.24, 2.45) is 5.41 Å². The maximum absolute atomic E-state index is 12.6. The number of amides is 2. The monoisotopic (exact) mass is 349 g/mol. The standard InChI is InChI=1S/C21H23N3O2/c1-15-7-8-17(14-22-15)20(26)24-11-9-21(10-12-24)13-18(21)23-19(25)16-5-3-2-4-6-16/h2-8,14,18H,9-13H2,1H3,(H,23,25). The minimum atomic E-state index is -0.00305. The second-order valence-corrected chi connectivity index (χ2v) is 7.44. The number of carbonyl (C=O) groups excluding carboxylic acids is 2. The molecule has 5 heteroatoms. The van der Waals surface area contributed by atoms with Crippen LogP contribution in [0.2, 0.25) is 0 Å². The van der Waals surface area contributed by atoms with Crippen LogP contribution >= 0.6 is 0 Å². The van der Waals surface area contributed by atoms with Gasteiger partial charge in [0.15, 0.2) is 0 Å². The molecule has 1 saturated carbocycles. The van der Waals surface area contributed by atoms with Crippen LogP contribution in [0.15, 0.2) is 48.7 Å². The number of benzene rings is 1. The highest BCUT2D eigenvalue weighted by Gasteiger charge is 2.55. The van der Waals surface area contributed by atoms with Crippen LogP contribution in [0.1, 0.15) is 45.7 Å². The zero-order valence-corrected chi connectivity index (χ0v) is 14.9. The van der Waals surface area contributed by atoms with Gasteiger partial charge in [-0.05, 0) is 55.9 Å². The first-order chi connectivity index (χ1) is 12.6. The topological polar surface area (TPSA) is 62.3 Å². The second kappa shape index (κ2) is 6.56. The summed E-state index contributed by atoms with van der Waals surface area (Å²) >= 11 is 0. The van der Waals surface area contributed by atoms with Crippen LogP contribution < -0.4 is 5.32 Å². The van der Waals surface area contributed by atoms with Gasteiger partial charge in [-0.2, -0.15) is 0 Å². The van der Waals surface area contributed by atoms with E-state index < -0.39 is 0 Å².